The highest BCUT2D eigenvalue weighted by Gasteiger charge is 2.08. The van der Waals surface area contributed by atoms with Crippen molar-refractivity contribution in [3.05, 3.63) is 23.5 Å². The molecule has 0 fully saturated rings. The summed E-state index contributed by atoms with van der Waals surface area (Å²) >= 11 is 0. The number of H-pyrrole nitrogens is 1. The third-order valence-electron chi connectivity index (χ3n) is 1.96. The zero-order valence-electron chi connectivity index (χ0n) is 5.41. The lowest BCUT2D eigenvalue weighted by Gasteiger charge is -2.08. The van der Waals surface area contributed by atoms with Crippen molar-refractivity contribution in [2.45, 2.75) is 25.7 Å². The molecule has 1 aliphatic rings. The van der Waals surface area contributed by atoms with Crippen molar-refractivity contribution < 1.29 is 0 Å². The first kappa shape index (κ1) is 5.10. The van der Waals surface area contributed by atoms with Crippen molar-refractivity contribution in [1.29, 1.82) is 0 Å². The summed E-state index contributed by atoms with van der Waals surface area (Å²) in [5, 5.41) is 0. The van der Waals surface area contributed by atoms with E-state index in [0.29, 0.717) is 0 Å². The lowest BCUT2D eigenvalue weighted by molar-refractivity contribution is 0.676. The maximum Gasteiger partial charge on any atom is 0.0186 e. The number of aromatic nitrogens is 1. The third kappa shape index (κ3) is 0.766. The van der Waals surface area contributed by atoms with Crippen LogP contribution in [0.5, 0.6) is 0 Å². The Balaban J connectivity index is 2.39. The van der Waals surface area contributed by atoms with Crippen molar-refractivity contribution in [1.82, 2.24) is 4.98 Å². The minimum atomic E-state index is 1.23. The molecule has 0 bridgehead atoms. The standard InChI is InChI=1S/C8H10N/c1-2-4-8-7(3-1)5-6-9-8/h6,9H,1-4H2. The Hall–Kier alpha value is -0.720. The van der Waals surface area contributed by atoms with Crippen molar-refractivity contribution in [2.75, 3.05) is 0 Å². The van der Waals surface area contributed by atoms with Gasteiger partial charge in [-0.15, -0.1) is 0 Å². The van der Waals surface area contributed by atoms with Crippen molar-refractivity contribution in [3.63, 3.8) is 0 Å². The van der Waals surface area contributed by atoms with Crippen LogP contribution in [-0.2, 0) is 12.8 Å². The molecule has 1 N–H and O–H groups in total. The molecule has 1 aromatic heterocycles. The van der Waals surface area contributed by atoms with E-state index in [2.05, 4.69) is 11.1 Å². The van der Waals surface area contributed by atoms with E-state index in [0.717, 1.165) is 0 Å². The van der Waals surface area contributed by atoms with E-state index in [1.165, 1.54) is 36.9 Å². The van der Waals surface area contributed by atoms with Gasteiger partial charge >= 0.3 is 0 Å². The second-order valence-corrected chi connectivity index (χ2v) is 2.60. The largest absolute Gasteiger partial charge is 0.364 e. The van der Waals surface area contributed by atoms with E-state index < -0.39 is 0 Å². The summed E-state index contributed by atoms with van der Waals surface area (Å²) in [4.78, 5) is 3.20. The van der Waals surface area contributed by atoms with Gasteiger partial charge in [0.25, 0.3) is 0 Å². The molecule has 47 valence electrons. The minimum Gasteiger partial charge on any atom is -0.364 e. The normalized spacial score (nSPS) is 17.3. The Bertz CT molecular complexity index is 180. The Kier molecular flexibility index (Phi) is 1.08. The quantitative estimate of drug-likeness (QED) is 0.536. The smallest absolute Gasteiger partial charge is 0.0186 e. The average Bonchev–Trinajstić information content (AvgIpc) is 2.33. The molecule has 1 radical (unpaired) electrons. The van der Waals surface area contributed by atoms with Gasteiger partial charge in [0.05, 0.1) is 0 Å². The summed E-state index contributed by atoms with van der Waals surface area (Å²) in [5.41, 5.74) is 2.84. The Labute approximate surface area is 55.1 Å². The van der Waals surface area contributed by atoms with Gasteiger partial charge in [0.2, 0.25) is 0 Å². The average molecular weight is 120 g/mol. The Morgan fingerprint density at radius 1 is 1.33 bits per heavy atom. The predicted molar refractivity (Wildman–Crippen MR) is 36.3 cm³/mol. The number of hydrogen-bond donors (Lipinski definition) is 1. The fourth-order valence-electron chi connectivity index (χ4n) is 1.43. The highest BCUT2D eigenvalue weighted by atomic mass is 14.7. The number of aryl methyl sites for hydroxylation is 2. The lowest BCUT2D eigenvalue weighted by atomic mass is 9.98. The molecule has 1 heterocycles. The van der Waals surface area contributed by atoms with E-state index in [1.54, 1.807) is 0 Å². The zero-order valence-corrected chi connectivity index (χ0v) is 5.41. The highest BCUT2D eigenvalue weighted by Crippen LogP contribution is 2.17. The molecule has 0 amide bonds. The van der Waals surface area contributed by atoms with Crippen LogP contribution in [0.3, 0.4) is 0 Å². The first-order valence-corrected chi connectivity index (χ1v) is 3.53. The first-order valence-electron chi connectivity index (χ1n) is 3.53. The van der Waals surface area contributed by atoms with E-state index in [-0.39, 0.29) is 0 Å². The van der Waals surface area contributed by atoms with E-state index in [1.807, 2.05) is 6.20 Å². The molecule has 0 atom stereocenters. The molecule has 0 saturated carbocycles. The number of fused-ring (bicyclic) bond motifs is 1. The molecular weight excluding hydrogens is 110 g/mol. The van der Waals surface area contributed by atoms with Gasteiger partial charge in [0.1, 0.15) is 0 Å². The number of nitrogens with one attached hydrogen (secondary N) is 1. The van der Waals surface area contributed by atoms with Gasteiger partial charge in [-0.1, -0.05) is 0 Å². The monoisotopic (exact) mass is 120 g/mol. The molecule has 1 aromatic rings. The lowest BCUT2D eigenvalue weighted by Crippen LogP contribution is -1.99. The molecule has 0 aromatic carbocycles. The van der Waals surface area contributed by atoms with E-state index in [9.17, 15) is 0 Å². The van der Waals surface area contributed by atoms with Gasteiger partial charge in [0, 0.05) is 18.0 Å². The first-order chi connectivity index (χ1) is 4.47. The molecule has 2 rings (SSSR count). The summed E-state index contributed by atoms with van der Waals surface area (Å²) in [6.07, 6.45) is 7.09. The van der Waals surface area contributed by atoms with Gasteiger partial charge in [-0.05, 0) is 31.2 Å². The van der Waals surface area contributed by atoms with Crippen molar-refractivity contribution >= 4 is 0 Å². The summed E-state index contributed by atoms with van der Waals surface area (Å²) in [7, 11) is 0. The summed E-state index contributed by atoms with van der Waals surface area (Å²) in [6, 6.07) is 3.20. The van der Waals surface area contributed by atoms with Crippen LogP contribution in [0.15, 0.2) is 6.20 Å². The molecular formula is C8H10N. The molecule has 9 heavy (non-hydrogen) atoms. The van der Waals surface area contributed by atoms with Crippen molar-refractivity contribution in [2.24, 2.45) is 0 Å². The van der Waals surface area contributed by atoms with Crippen LogP contribution in [0.25, 0.3) is 0 Å². The summed E-state index contributed by atoms with van der Waals surface area (Å²) in [6.45, 7) is 0. The molecule has 0 unspecified atom stereocenters. The zero-order chi connectivity index (χ0) is 6.10. The molecule has 0 spiro atoms. The van der Waals surface area contributed by atoms with Crippen LogP contribution < -0.4 is 0 Å². The SMILES string of the molecule is [c]1c[nH]c2c1CCCC2. The van der Waals surface area contributed by atoms with Crippen LogP contribution in [0, 0.1) is 6.07 Å². The maximum atomic E-state index is 3.20. The second kappa shape index (κ2) is 1.90. The van der Waals surface area contributed by atoms with Gasteiger partial charge in [-0.3, -0.25) is 0 Å². The van der Waals surface area contributed by atoms with Crippen LogP contribution in [0.1, 0.15) is 24.1 Å². The van der Waals surface area contributed by atoms with Gasteiger partial charge in [-0.2, -0.15) is 0 Å². The molecule has 0 saturated heterocycles. The molecule has 0 aliphatic heterocycles. The molecule has 1 aliphatic carbocycles. The highest BCUT2D eigenvalue weighted by molar-refractivity contribution is 5.21. The Morgan fingerprint density at radius 2 is 2.22 bits per heavy atom. The minimum absolute atomic E-state index is 1.23. The van der Waals surface area contributed by atoms with Crippen LogP contribution in [0.4, 0.5) is 0 Å². The number of rotatable bonds is 0. The third-order valence-corrected chi connectivity index (χ3v) is 1.96. The van der Waals surface area contributed by atoms with Gasteiger partial charge in [-0.25, -0.2) is 0 Å². The molecule has 1 nitrogen and oxygen atoms in total. The fraction of sp³-hybridized carbons (Fsp3) is 0.500. The van der Waals surface area contributed by atoms with Crippen LogP contribution in [0.2, 0.25) is 0 Å². The maximum absolute atomic E-state index is 3.20. The second-order valence-electron chi connectivity index (χ2n) is 2.60. The van der Waals surface area contributed by atoms with Gasteiger partial charge < -0.3 is 4.98 Å². The summed E-state index contributed by atoms with van der Waals surface area (Å²) < 4.78 is 0. The Morgan fingerprint density at radius 3 is 3.11 bits per heavy atom. The van der Waals surface area contributed by atoms with Crippen LogP contribution in [-0.4, -0.2) is 4.98 Å². The summed E-state index contributed by atoms with van der Waals surface area (Å²) in [5.74, 6) is 0. The van der Waals surface area contributed by atoms with E-state index in [4.69, 9.17) is 0 Å². The van der Waals surface area contributed by atoms with Crippen LogP contribution >= 0.6 is 0 Å². The number of aromatic amines is 1. The number of hydrogen-bond acceptors (Lipinski definition) is 0. The van der Waals surface area contributed by atoms with E-state index >= 15 is 0 Å². The fourth-order valence-corrected chi connectivity index (χ4v) is 1.43. The van der Waals surface area contributed by atoms with Crippen molar-refractivity contribution in [3.8, 4) is 0 Å². The predicted octanol–water partition coefficient (Wildman–Crippen LogP) is 1.69. The molecule has 1 heteroatoms. The van der Waals surface area contributed by atoms with Gasteiger partial charge in [0.15, 0.2) is 0 Å². The topological polar surface area (TPSA) is 15.8 Å².